The molecule has 0 spiro atoms. The minimum Gasteiger partial charge on any atom is -0.423 e. The number of halogens is 3. The van der Waals surface area contributed by atoms with Crippen molar-refractivity contribution < 1.29 is 31.1 Å². The van der Waals surface area contributed by atoms with Gasteiger partial charge in [0.05, 0.1) is 27.2 Å². The second-order valence-electron chi connectivity index (χ2n) is 7.97. The van der Waals surface area contributed by atoms with E-state index in [0.29, 0.717) is 24.4 Å². The van der Waals surface area contributed by atoms with Crippen molar-refractivity contribution in [3.8, 4) is 11.4 Å². The molecule has 35 heavy (non-hydrogen) atoms. The Morgan fingerprint density at radius 2 is 1.74 bits per heavy atom. The number of para-hydroxylation sites is 1. The number of aryl methyl sites for hydroxylation is 1. The quantitative estimate of drug-likeness (QED) is 0.253. The van der Waals surface area contributed by atoms with E-state index in [4.69, 9.17) is 4.74 Å². The predicted molar refractivity (Wildman–Crippen MR) is 125 cm³/mol. The normalized spacial score (nSPS) is 12.1. The van der Waals surface area contributed by atoms with Gasteiger partial charge >= 0.3 is 12.1 Å². The van der Waals surface area contributed by atoms with E-state index in [0.717, 1.165) is 12.3 Å². The van der Waals surface area contributed by atoms with Gasteiger partial charge < -0.3 is 4.74 Å². The molecule has 0 N–H and O–H groups in total. The van der Waals surface area contributed by atoms with Gasteiger partial charge in [0.2, 0.25) is 0 Å². The topological polar surface area (TPSA) is 78.3 Å². The first-order chi connectivity index (χ1) is 16.5. The number of alkyl halides is 3. The van der Waals surface area contributed by atoms with E-state index < -0.39 is 27.5 Å². The van der Waals surface area contributed by atoms with Gasteiger partial charge in [0.15, 0.2) is 9.84 Å². The third-order valence-electron chi connectivity index (χ3n) is 5.32. The maximum absolute atomic E-state index is 13.6. The van der Waals surface area contributed by atoms with Crippen LogP contribution < -0.4 is 4.74 Å². The SMILES string of the molecule is CCCc1nc2c(C(F)(F)F)cccc2n1-c1cccc(OC(=O)c2cccc(S(C)(=O)=O)c2)c1. The summed E-state index contributed by atoms with van der Waals surface area (Å²) >= 11 is 0. The zero-order valence-corrected chi connectivity index (χ0v) is 19.7. The Kier molecular flexibility index (Phi) is 6.42. The Morgan fingerprint density at radius 1 is 1.03 bits per heavy atom. The smallest absolute Gasteiger partial charge is 0.418 e. The first-order valence-corrected chi connectivity index (χ1v) is 12.6. The van der Waals surface area contributed by atoms with Crippen LogP contribution in [0.4, 0.5) is 13.2 Å². The summed E-state index contributed by atoms with van der Waals surface area (Å²) in [4.78, 5) is 16.9. The molecule has 0 fully saturated rings. The molecular formula is C25H21F3N2O4S. The summed E-state index contributed by atoms with van der Waals surface area (Å²) in [5.74, 6) is -0.173. The van der Waals surface area contributed by atoms with Crippen molar-refractivity contribution in [2.45, 2.75) is 30.8 Å². The molecule has 10 heteroatoms. The van der Waals surface area contributed by atoms with E-state index in [1.807, 2.05) is 6.92 Å². The van der Waals surface area contributed by atoms with Crippen molar-refractivity contribution in [3.05, 3.63) is 83.7 Å². The van der Waals surface area contributed by atoms with Crippen LogP contribution in [0, 0.1) is 0 Å². The minimum atomic E-state index is -4.56. The fraction of sp³-hybridized carbons (Fsp3) is 0.200. The molecule has 6 nitrogen and oxygen atoms in total. The molecule has 4 rings (SSSR count). The van der Waals surface area contributed by atoms with E-state index in [-0.39, 0.29) is 27.2 Å². The first-order valence-electron chi connectivity index (χ1n) is 10.7. The molecule has 0 aliphatic heterocycles. The maximum atomic E-state index is 13.6. The van der Waals surface area contributed by atoms with Crippen molar-refractivity contribution in [2.24, 2.45) is 0 Å². The number of ether oxygens (including phenoxy) is 1. The summed E-state index contributed by atoms with van der Waals surface area (Å²) in [5, 5.41) is 0. The maximum Gasteiger partial charge on any atom is 0.418 e. The van der Waals surface area contributed by atoms with Crippen LogP contribution in [-0.2, 0) is 22.4 Å². The average Bonchev–Trinajstić information content (AvgIpc) is 3.16. The molecule has 1 aromatic heterocycles. The van der Waals surface area contributed by atoms with E-state index in [1.165, 1.54) is 42.5 Å². The van der Waals surface area contributed by atoms with E-state index >= 15 is 0 Å². The standard InChI is InChI=1S/C25H21F3N2O4S/c1-3-7-22-29-23-20(25(26,27)28)12-6-13-21(23)30(22)17-9-5-10-18(15-17)34-24(31)16-8-4-11-19(14-16)35(2,32)33/h4-6,8-15H,3,7H2,1-2H3. The number of carbonyl (C=O) groups excluding carboxylic acids is 1. The fourth-order valence-electron chi connectivity index (χ4n) is 3.76. The van der Waals surface area contributed by atoms with Gasteiger partial charge in [0.1, 0.15) is 17.1 Å². The monoisotopic (exact) mass is 502 g/mol. The number of rotatable bonds is 6. The molecular weight excluding hydrogens is 481 g/mol. The molecule has 0 atom stereocenters. The zero-order valence-electron chi connectivity index (χ0n) is 18.8. The van der Waals surface area contributed by atoms with Crippen LogP contribution in [0.15, 0.2) is 71.6 Å². The lowest BCUT2D eigenvalue weighted by molar-refractivity contribution is -0.136. The number of aromatic nitrogens is 2. The number of carbonyl (C=O) groups is 1. The fourth-order valence-corrected chi connectivity index (χ4v) is 4.43. The summed E-state index contributed by atoms with van der Waals surface area (Å²) in [5.41, 5.74) is -0.158. The summed E-state index contributed by atoms with van der Waals surface area (Å²) in [7, 11) is -3.51. The Labute approximate surface area is 199 Å². The third-order valence-corrected chi connectivity index (χ3v) is 6.43. The number of hydrogen-bond acceptors (Lipinski definition) is 5. The Balaban J connectivity index is 1.75. The molecule has 0 aliphatic carbocycles. The second kappa shape index (κ2) is 9.18. The number of imidazole rings is 1. The molecule has 4 aromatic rings. The molecule has 0 amide bonds. The average molecular weight is 503 g/mol. The Morgan fingerprint density at radius 3 is 2.43 bits per heavy atom. The number of nitrogens with zero attached hydrogens (tertiary/aromatic N) is 2. The summed E-state index contributed by atoms with van der Waals surface area (Å²) in [6.45, 7) is 1.90. The molecule has 1 heterocycles. The number of esters is 1. The molecule has 0 radical (unpaired) electrons. The summed E-state index contributed by atoms with van der Waals surface area (Å²) in [6, 6.07) is 15.7. The molecule has 0 saturated carbocycles. The molecule has 0 unspecified atom stereocenters. The van der Waals surface area contributed by atoms with Crippen molar-refractivity contribution in [1.82, 2.24) is 9.55 Å². The number of hydrogen-bond donors (Lipinski definition) is 0. The summed E-state index contributed by atoms with van der Waals surface area (Å²) < 4.78 is 71.4. The number of fused-ring (bicyclic) bond motifs is 1. The van der Waals surface area contributed by atoms with Crippen LogP contribution in [0.1, 0.15) is 35.1 Å². The predicted octanol–water partition coefficient (Wildman–Crippen LogP) is 5.62. The van der Waals surface area contributed by atoms with Gasteiger partial charge in [-0.2, -0.15) is 13.2 Å². The lowest BCUT2D eigenvalue weighted by atomic mass is 10.1. The second-order valence-corrected chi connectivity index (χ2v) is 9.99. The lowest BCUT2D eigenvalue weighted by Gasteiger charge is -2.12. The molecule has 182 valence electrons. The molecule has 0 aliphatic rings. The minimum absolute atomic E-state index is 0.0183. The van der Waals surface area contributed by atoms with Crippen molar-refractivity contribution in [1.29, 1.82) is 0 Å². The van der Waals surface area contributed by atoms with Gasteiger partial charge in [0, 0.05) is 18.7 Å². The Hall–Kier alpha value is -3.66. The van der Waals surface area contributed by atoms with Gasteiger partial charge in [-0.05, 0) is 48.9 Å². The lowest BCUT2D eigenvalue weighted by Crippen LogP contribution is -2.10. The van der Waals surface area contributed by atoms with Crippen LogP contribution in [0.3, 0.4) is 0 Å². The van der Waals surface area contributed by atoms with E-state index in [9.17, 15) is 26.4 Å². The highest BCUT2D eigenvalue weighted by molar-refractivity contribution is 7.90. The highest BCUT2D eigenvalue weighted by atomic mass is 32.2. The van der Waals surface area contributed by atoms with Crippen molar-refractivity contribution in [2.75, 3.05) is 6.26 Å². The largest absolute Gasteiger partial charge is 0.423 e. The van der Waals surface area contributed by atoms with Gasteiger partial charge in [-0.25, -0.2) is 18.2 Å². The van der Waals surface area contributed by atoms with Crippen LogP contribution in [0.2, 0.25) is 0 Å². The highest BCUT2D eigenvalue weighted by Gasteiger charge is 2.34. The number of benzene rings is 3. The highest BCUT2D eigenvalue weighted by Crippen LogP contribution is 2.36. The summed E-state index contributed by atoms with van der Waals surface area (Å²) in [6.07, 6.45) is -2.42. The number of sulfone groups is 1. The third kappa shape index (κ3) is 5.07. The molecule has 3 aromatic carbocycles. The van der Waals surface area contributed by atoms with Gasteiger partial charge in [-0.15, -0.1) is 0 Å². The van der Waals surface area contributed by atoms with Crippen LogP contribution in [0.25, 0.3) is 16.7 Å². The van der Waals surface area contributed by atoms with Crippen molar-refractivity contribution in [3.63, 3.8) is 0 Å². The van der Waals surface area contributed by atoms with E-state index in [2.05, 4.69) is 4.98 Å². The molecule has 0 saturated heterocycles. The van der Waals surface area contributed by atoms with Gasteiger partial charge in [-0.3, -0.25) is 4.57 Å². The van der Waals surface area contributed by atoms with Crippen molar-refractivity contribution >= 4 is 26.8 Å². The molecule has 0 bridgehead atoms. The Bertz CT molecular complexity index is 1530. The zero-order chi connectivity index (χ0) is 25.4. The van der Waals surface area contributed by atoms with Crippen LogP contribution >= 0.6 is 0 Å². The van der Waals surface area contributed by atoms with Gasteiger partial charge in [-0.1, -0.05) is 25.1 Å². The van der Waals surface area contributed by atoms with E-state index in [1.54, 1.807) is 22.8 Å². The van der Waals surface area contributed by atoms with Gasteiger partial charge in [0.25, 0.3) is 0 Å². The van der Waals surface area contributed by atoms with Crippen LogP contribution in [0.5, 0.6) is 5.75 Å². The van der Waals surface area contributed by atoms with Crippen LogP contribution in [-0.4, -0.2) is 30.2 Å². The first kappa shape index (κ1) is 24.5.